The van der Waals surface area contributed by atoms with Gasteiger partial charge in [-0.25, -0.2) is 0 Å². The molecule has 3 rings (SSSR count). The fourth-order valence-electron chi connectivity index (χ4n) is 3.68. The van der Waals surface area contributed by atoms with Crippen LogP contribution in [0.3, 0.4) is 0 Å². The molecular formula is C20H27NO6. The van der Waals surface area contributed by atoms with E-state index in [0.29, 0.717) is 43.1 Å². The Bertz CT molecular complexity index is 677. The summed E-state index contributed by atoms with van der Waals surface area (Å²) in [5.74, 6) is -0.0759. The van der Waals surface area contributed by atoms with E-state index in [-0.39, 0.29) is 18.6 Å². The van der Waals surface area contributed by atoms with Crippen molar-refractivity contribution in [1.82, 2.24) is 5.32 Å². The Morgan fingerprint density at radius 3 is 2.56 bits per heavy atom. The first-order chi connectivity index (χ1) is 13.0. The maximum atomic E-state index is 12.6. The highest BCUT2D eigenvalue weighted by atomic mass is 16.5. The SMILES string of the molecule is COc1ccc(C(=O)NCC2(C(=O)O)CCOCC2)cc1OC1CCCC1. The van der Waals surface area contributed by atoms with Crippen LogP contribution in [0, 0.1) is 5.41 Å². The number of carbonyl (C=O) groups excluding carboxylic acids is 1. The number of aliphatic carboxylic acids is 1. The molecule has 1 aliphatic heterocycles. The Morgan fingerprint density at radius 1 is 1.22 bits per heavy atom. The molecule has 1 amide bonds. The minimum absolute atomic E-state index is 0.0787. The molecule has 7 heteroatoms. The number of carboxylic acid groups (broad SMARTS) is 1. The second kappa shape index (κ2) is 8.61. The van der Waals surface area contributed by atoms with Crippen LogP contribution in [-0.4, -0.2) is 50.0 Å². The molecule has 2 aliphatic rings. The number of amides is 1. The van der Waals surface area contributed by atoms with E-state index >= 15 is 0 Å². The lowest BCUT2D eigenvalue weighted by Gasteiger charge is -2.33. The second-order valence-electron chi connectivity index (χ2n) is 7.27. The molecule has 0 radical (unpaired) electrons. The smallest absolute Gasteiger partial charge is 0.311 e. The van der Waals surface area contributed by atoms with Gasteiger partial charge in [-0.1, -0.05) is 0 Å². The molecule has 0 spiro atoms. The average Bonchev–Trinajstić information content (AvgIpc) is 3.19. The van der Waals surface area contributed by atoms with Crippen LogP contribution >= 0.6 is 0 Å². The normalized spacial score (nSPS) is 19.4. The van der Waals surface area contributed by atoms with Gasteiger partial charge in [0.1, 0.15) is 0 Å². The van der Waals surface area contributed by atoms with E-state index in [1.54, 1.807) is 25.3 Å². The second-order valence-corrected chi connectivity index (χ2v) is 7.27. The van der Waals surface area contributed by atoms with Gasteiger partial charge in [0.05, 0.1) is 18.6 Å². The number of ether oxygens (including phenoxy) is 3. The number of hydrogen-bond acceptors (Lipinski definition) is 5. The fourth-order valence-corrected chi connectivity index (χ4v) is 3.68. The maximum absolute atomic E-state index is 12.6. The zero-order chi connectivity index (χ0) is 19.3. The fraction of sp³-hybridized carbons (Fsp3) is 0.600. The molecule has 1 saturated carbocycles. The summed E-state index contributed by atoms with van der Waals surface area (Å²) < 4.78 is 16.6. The van der Waals surface area contributed by atoms with Gasteiger partial charge >= 0.3 is 5.97 Å². The van der Waals surface area contributed by atoms with Crippen LogP contribution in [0.15, 0.2) is 18.2 Å². The standard InChI is InChI=1S/C20H27NO6/c1-25-16-7-6-14(12-17(16)27-15-4-2-3-5-15)18(22)21-13-20(19(23)24)8-10-26-11-9-20/h6-7,12,15H,2-5,8-11,13H2,1H3,(H,21,22)(H,23,24). The zero-order valence-corrected chi connectivity index (χ0v) is 15.7. The van der Waals surface area contributed by atoms with Crippen molar-refractivity contribution in [2.75, 3.05) is 26.9 Å². The van der Waals surface area contributed by atoms with E-state index in [0.717, 1.165) is 25.7 Å². The molecule has 0 unspecified atom stereocenters. The van der Waals surface area contributed by atoms with Crippen LogP contribution in [-0.2, 0) is 9.53 Å². The van der Waals surface area contributed by atoms with Crippen molar-refractivity contribution in [2.24, 2.45) is 5.41 Å². The zero-order valence-electron chi connectivity index (χ0n) is 15.7. The molecule has 2 N–H and O–H groups in total. The van der Waals surface area contributed by atoms with Gasteiger partial charge in [-0.3, -0.25) is 9.59 Å². The van der Waals surface area contributed by atoms with Gasteiger partial charge in [-0.05, 0) is 56.7 Å². The number of carboxylic acids is 1. The quantitative estimate of drug-likeness (QED) is 0.759. The van der Waals surface area contributed by atoms with Gasteiger partial charge < -0.3 is 24.6 Å². The van der Waals surface area contributed by atoms with E-state index in [1.807, 2.05) is 0 Å². The molecule has 148 valence electrons. The Balaban J connectivity index is 1.69. The van der Waals surface area contributed by atoms with Crippen LogP contribution < -0.4 is 14.8 Å². The molecule has 1 heterocycles. The van der Waals surface area contributed by atoms with Gasteiger partial charge in [-0.15, -0.1) is 0 Å². The molecule has 2 fully saturated rings. The lowest BCUT2D eigenvalue weighted by Crippen LogP contribution is -2.46. The first-order valence-corrected chi connectivity index (χ1v) is 9.48. The summed E-state index contributed by atoms with van der Waals surface area (Å²) in [5, 5.41) is 12.4. The minimum atomic E-state index is -0.969. The number of hydrogen-bond donors (Lipinski definition) is 2. The largest absolute Gasteiger partial charge is 0.493 e. The molecule has 1 saturated heterocycles. The van der Waals surface area contributed by atoms with Gasteiger partial charge in [0.25, 0.3) is 5.91 Å². The lowest BCUT2D eigenvalue weighted by atomic mass is 9.80. The molecule has 27 heavy (non-hydrogen) atoms. The first-order valence-electron chi connectivity index (χ1n) is 9.48. The van der Waals surface area contributed by atoms with E-state index in [1.165, 1.54) is 0 Å². The third-order valence-corrected chi connectivity index (χ3v) is 5.51. The number of methoxy groups -OCH3 is 1. The summed E-state index contributed by atoms with van der Waals surface area (Å²) in [4.78, 5) is 24.3. The first kappa shape index (κ1) is 19.5. The van der Waals surface area contributed by atoms with Crippen LogP contribution in [0.5, 0.6) is 11.5 Å². The average molecular weight is 377 g/mol. The van der Waals surface area contributed by atoms with Crippen LogP contribution in [0.2, 0.25) is 0 Å². The van der Waals surface area contributed by atoms with Crippen molar-refractivity contribution in [2.45, 2.75) is 44.6 Å². The number of carbonyl (C=O) groups is 2. The maximum Gasteiger partial charge on any atom is 0.311 e. The van der Waals surface area contributed by atoms with E-state index in [2.05, 4.69) is 5.32 Å². The van der Waals surface area contributed by atoms with E-state index in [4.69, 9.17) is 14.2 Å². The van der Waals surface area contributed by atoms with Crippen molar-refractivity contribution >= 4 is 11.9 Å². The third-order valence-electron chi connectivity index (χ3n) is 5.51. The van der Waals surface area contributed by atoms with Gasteiger partial charge in [-0.2, -0.15) is 0 Å². The third kappa shape index (κ3) is 4.53. The number of rotatable bonds is 7. The van der Waals surface area contributed by atoms with E-state index < -0.39 is 11.4 Å². The van der Waals surface area contributed by atoms with Crippen molar-refractivity contribution in [3.05, 3.63) is 23.8 Å². The Morgan fingerprint density at radius 2 is 1.93 bits per heavy atom. The van der Waals surface area contributed by atoms with Gasteiger partial charge in [0.15, 0.2) is 11.5 Å². The van der Waals surface area contributed by atoms with Crippen LogP contribution in [0.25, 0.3) is 0 Å². The number of nitrogens with one attached hydrogen (secondary N) is 1. The van der Waals surface area contributed by atoms with Gasteiger partial charge in [0.2, 0.25) is 0 Å². The van der Waals surface area contributed by atoms with Crippen molar-refractivity contribution < 1.29 is 28.9 Å². The monoisotopic (exact) mass is 377 g/mol. The Hall–Kier alpha value is -2.28. The van der Waals surface area contributed by atoms with Crippen LogP contribution in [0.1, 0.15) is 48.9 Å². The summed E-state index contributed by atoms with van der Waals surface area (Å²) >= 11 is 0. The molecule has 0 atom stereocenters. The van der Waals surface area contributed by atoms with E-state index in [9.17, 15) is 14.7 Å². The summed E-state index contributed by atoms with van der Waals surface area (Å²) in [6.07, 6.45) is 5.23. The molecule has 1 aromatic rings. The topological polar surface area (TPSA) is 94.1 Å². The molecular weight excluding hydrogens is 350 g/mol. The minimum Gasteiger partial charge on any atom is -0.493 e. The summed E-state index contributed by atoms with van der Waals surface area (Å²) in [6, 6.07) is 5.04. The molecule has 0 bridgehead atoms. The highest BCUT2D eigenvalue weighted by Gasteiger charge is 2.40. The van der Waals surface area contributed by atoms with Crippen molar-refractivity contribution in [3.63, 3.8) is 0 Å². The molecule has 7 nitrogen and oxygen atoms in total. The Labute approximate surface area is 159 Å². The lowest BCUT2D eigenvalue weighted by molar-refractivity contribution is -0.154. The summed E-state index contributed by atoms with van der Waals surface area (Å²) in [7, 11) is 1.57. The highest BCUT2D eigenvalue weighted by Crippen LogP contribution is 2.33. The Kier molecular flexibility index (Phi) is 6.21. The predicted octanol–water partition coefficient (Wildman–Crippen LogP) is 2.63. The van der Waals surface area contributed by atoms with Crippen molar-refractivity contribution in [1.29, 1.82) is 0 Å². The summed E-state index contributed by atoms with van der Waals surface area (Å²) in [5.41, 5.74) is -0.541. The molecule has 0 aromatic heterocycles. The molecule has 1 aromatic carbocycles. The van der Waals surface area contributed by atoms with Crippen LogP contribution in [0.4, 0.5) is 0 Å². The highest BCUT2D eigenvalue weighted by molar-refractivity contribution is 5.95. The van der Waals surface area contributed by atoms with Gasteiger partial charge in [0, 0.05) is 25.3 Å². The number of benzene rings is 1. The molecule has 1 aliphatic carbocycles. The predicted molar refractivity (Wildman–Crippen MR) is 98.3 cm³/mol. The van der Waals surface area contributed by atoms with Crippen molar-refractivity contribution in [3.8, 4) is 11.5 Å². The summed E-state index contributed by atoms with van der Waals surface area (Å²) in [6.45, 7) is 0.865.